The Bertz CT molecular complexity index is 631. The summed E-state index contributed by atoms with van der Waals surface area (Å²) in [4.78, 5) is 0. The van der Waals surface area contributed by atoms with E-state index in [1.807, 2.05) is 12.1 Å². The maximum Gasteiger partial charge on any atom is 0.217 e. The molecule has 1 aromatic carbocycles. The summed E-state index contributed by atoms with van der Waals surface area (Å²) in [7, 11) is 1.73. The van der Waals surface area contributed by atoms with E-state index in [0.717, 1.165) is 0 Å². The molecule has 0 saturated carbocycles. The normalized spacial score (nSPS) is 9.35. The Kier molecular flexibility index (Phi) is 2.76. The van der Waals surface area contributed by atoms with E-state index in [-0.39, 0.29) is 5.56 Å². The van der Waals surface area contributed by atoms with Gasteiger partial charge in [-0.05, 0) is 12.1 Å². The van der Waals surface area contributed by atoms with E-state index >= 15 is 0 Å². The molecule has 0 spiro atoms. The van der Waals surface area contributed by atoms with Crippen molar-refractivity contribution in [2.45, 2.75) is 0 Å². The number of hydrogen-bond donors (Lipinski definition) is 0. The zero-order valence-corrected chi connectivity index (χ0v) is 9.08. The summed E-state index contributed by atoms with van der Waals surface area (Å²) < 4.78 is 7.08. The van der Waals surface area contributed by atoms with Crippen LogP contribution < -0.4 is 4.74 Å². The summed E-state index contributed by atoms with van der Waals surface area (Å²) in [6.45, 7) is 0. The largest absolute Gasteiger partial charge is 0.438 e. The van der Waals surface area contributed by atoms with Gasteiger partial charge in [-0.2, -0.15) is 15.6 Å². The molecule has 2 rings (SSSR count). The van der Waals surface area contributed by atoms with Crippen molar-refractivity contribution in [1.29, 1.82) is 10.5 Å². The molecule has 0 aliphatic heterocycles. The van der Waals surface area contributed by atoms with Crippen LogP contribution in [0.15, 0.2) is 30.5 Å². The van der Waals surface area contributed by atoms with Crippen LogP contribution in [-0.2, 0) is 7.05 Å². The molecule has 82 valence electrons. The molecular formula is C12H8N4O. The highest BCUT2D eigenvalue weighted by Gasteiger charge is 2.10. The van der Waals surface area contributed by atoms with Crippen molar-refractivity contribution in [1.82, 2.24) is 9.78 Å². The number of rotatable bonds is 2. The van der Waals surface area contributed by atoms with E-state index in [4.69, 9.17) is 15.3 Å². The molecule has 0 atom stereocenters. The average Bonchev–Trinajstić information content (AvgIpc) is 2.74. The summed E-state index contributed by atoms with van der Waals surface area (Å²) in [5, 5.41) is 21.9. The third-order valence-electron chi connectivity index (χ3n) is 2.25. The number of benzene rings is 1. The molecule has 17 heavy (non-hydrogen) atoms. The Balaban J connectivity index is 2.45. The van der Waals surface area contributed by atoms with Crippen LogP contribution >= 0.6 is 0 Å². The molecule has 0 bridgehead atoms. The summed E-state index contributed by atoms with van der Waals surface area (Å²) in [5.41, 5.74) is 0.531. The molecule has 0 aliphatic carbocycles. The van der Waals surface area contributed by atoms with Crippen molar-refractivity contribution in [3.05, 3.63) is 41.6 Å². The van der Waals surface area contributed by atoms with Crippen molar-refractivity contribution < 1.29 is 4.74 Å². The van der Waals surface area contributed by atoms with Crippen LogP contribution in [0.2, 0.25) is 0 Å². The topological polar surface area (TPSA) is 74.6 Å². The Morgan fingerprint density at radius 2 is 2.06 bits per heavy atom. The van der Waals surface area contributed by atoms with Gasteiger partial charge in [0.2, 0.25) is 5.88 Å². The van der Waals surface area contributed by atoms with E-state index in [9.17, 15) is 0 Å². The molecule has 0 aliphatic rings. The number of ether oxygens (including phenoxy) is 1. The zero-order valence-electron chi connectivity index (χ0n) is 9.08. The molecule has 0 fully saturated rings. The SMILES string of the molecule is Cn1nccc1Oc1cccc(C#N)c1C#N. The lowest BCUT2D eigenvalue weighted by molar-refractivity contribution is 0.429. The molecule has 5 heteroatoms. The van der Waals surface area contributed by atoms with Gasteiger partial charge in [0.1, 0.15) is 23.5 Å². The maximum absolute atomic E-state index is 9.02. The van der Waals surface area contributed by atoms with Gasteiger partial charge in [-0.1, -0.05) is 6.07 Å². The van der Waals surface area contributed by atoms with Gasteiger partial charge in [0.15, 0.2) is 0 Å². The summed E-state index contributed by atoms with van der Waals surface area (Å²) in [6, 6.07) is 10.5. The number of nitrogens with zero attached hydrogens (tertiary/aromatic N) is 4. The molecule has 1 heterocycles. The Morgan fingerprint density at radius 3 is 2.65 bits per heavy atom. The minimum Gasteiger partial charge on any atom is -0.438 e. The maximum atomic E-state index is 9.02. The number of nitriles is 2. The lowest BCUT2D eigenvalue weighted by atomic mass is 10.1. The standard InChI is InChI=1S/C12H8N4O/c1-16-12(5-6-15-16)17-11-4-2-3-9(7-13)10(11)8-14/h2-6H,1H3. The smallest absolute Gasteiger partial charge is 0.217 e. The highest BCUT2D eigenvalue weighted by Crippen LogP contribution is 2.26. The molecule has 0 saturated heterocycles. The highest BCUT2D eigenvalue weighted by molar-refractivity contribution is 5.54. The third kappa shape index (κ3) is 1.95. The fraction of sp³-hybridized carbons (Fsp3) is 0.0833. The molecule has 0 radical (unpaired) electrons. The second kappa shape index (κ2) is 4.38. The number of hydrogen-bond acceptors (Lipinski definition) is 4. The van der Waals surface area contributed by atoms with Crippen LogP contribution in [0, 0.1) is 22.7 Å². The lowest BCUT2D eigenvalue weighted by Crippen LogP contribution is -1.97. The second-order valence-electron chi connectivity index (χ2n) is 3.30. The van der Waals surface area contributed by atoms with Crippen molar-refractivity contribution in [2.24, 2.45) is 7.05 Å². The molecule has 0 amide bonds. The predicted octanol–water partition coefficient (Wildman–Crippen LogP) is 1.96. The molecule has 0 N–H and O–H groups in total. The quantitative estimate of drug-likeness (QED) is 0.781. The summed E-state index contributed by atoms with van der Waals surface area (Å²) >= 11 is 0. The van der Waals surface area contributed by atoms with Crippen LogP contribution in [0.5, 0.6) is 11.6 Å². The average molecular weight is 224 g/mol. The van der Waals surface area contributed by atoms with Crippen molar-refractivity contribution >= 4 is 0 Å². The van der Waals surface area contributed by atoms with Gasteiger partial charge in [-0.15, -0.1) is 0 Å². The monoisotopic (exact) mass is 224 g/mol. The van der Waals surface area contributed by atoms with Gasteiger partial charge in [-0.25, -0.2) is 4.68 Å². The third-order valence-corrected chi connectivity index (χ3v) is 2.25. The van der Waals surface area contributed by atoms with Crippen molar-refractivity contribution in [3.8, 4) is 23.8 Å². The zero-order chi connectivity index (χ0) is 12.3. The molecule has 1 aromatic heterocycles. The van der Waals surface area contributed by atoms with Crippen LogP contribution in [0.3, 0.4) is 0 Å². The fourth-order valence-electron chi connectivity index (χ4n) is 1.40. The molecule has 0 unspecified atom stereocenters. The Morgan fingerprint density at radius 1 is 1.24 bits per heavy atom. The summed E-state index contributed by atoms with van der Waals surface area (Å²) in [5.74, 6) is 0.867. The second-order valence-corrected chi connectivity index (χ2v) is 3.30. The van der Waals surface area contributed by atoms with Gasteiger partial charge in [0.25, 0.3) is 0 Å². The highest BCUT2D eigenvalue weighted by atomic mass is 16.5. The molecule has 5 nitrogen and oxygen atoms in total. The van der Waals surface area contributed by atoms with Crippen LogP contribution in [0.4, 0.5) is 0 Å². The van der Waals surface area contributed by atoms with Crippen molar-refractivity contribution in [2.75, 3.05) is 0 Å². The van der Waals surface area contributed by atoms with Crippen molar-refractivity contribution in [3.63, 3.8) is 0 Å². The number of aromatic nitrogens is 2. The first-order valence-electron chi connectivity index (χ1n) is 4.85. The fourth-order valence-corrected chi connectivity index (χ4v) is 1.40. The Labute approximate surface area is 98.1 Å². The van der Waals surface area contributed by atoms with E-state index in [2.05, 4.69) is 5.10 Å². The molecule has 2 aromatic rings. The van der Waals surface area contributed by atoms with Gasteiger partial charge in [-0.3, -0.25) is 0 Å². The first-order valence-corrected chi connectivity index (χ1v) is 4.85. The van der Waals surface area contributed by atoms with E-state index in [0.29, 0.717) is 17.2 Å². The van der Waals surface area contributed by atoms with Gasteiger partial charge >= 0.3 is 0 Å². The van der Waals surface area contributed by atoms with Crippen LogP contribution in [-0.4, -0.2) is 9.78 Å². The van der Waals surface area contributed by atoms with Crippen LogP contribution in [0.1, 0.15) is 11.1 Å². The first kappa shape index (κ1) is 10.7. The van der Waals surface area contributed by atoms with E-state index in [1.165, 1.54) is 0 Å². The lowest BCUT2D eigenvalue weighted by Gasteiger charge is -2.07. The minimum absolute atomic E-state index is 0.233. The molecular weight excluding hydrogens is 216 g/mol. The van der Waals surface area contributed by atoms with Gasteiger partial charge in [0.05, 0.1) is 11.8 Å². The predicted molar refractivity (Wildman–Crippen MR) is 59.2 cm³/mol. The van der Waals surface area contributed by atoms with E-state index in [1.54, 1.807) is 42.2 Å². The Hall–Kier alpha value is -2.79. The first-order chi connectivity index (χ1) is 8.26. The van der Waals surface area contributed by atoms with Gasteiger partial charge < -0.3 is 4.74 Å². The minimum atomic E-state index is 0.233. The van der Waals surface area contributed by atoms with E-state index < -0.39 is 0 Å². The number of aryl methyl sites for hydroxylation is 1. The summed E-state index contributed by atoms with van der Waals surface area (Å²) in [6.07, 6.45) is 1.59. The van der Waals surface area contributed by atoms with Crippen LogP contribution in [0.25, 0.3) is 0 Å². The van der Waals surface area contributed by atoms with Gasteiger partial charge in [0, 0.05) is 13.1 Å².